The van der Waals surface area contributed by atoms with E-state index in [0.29, 0.717) is 23.8 Å². The Bertz CT molecular complexity index is 905. The summed E-state index contributed by atoms with van der Waals surface area (Å²) < 4.78 is 0. The Morgan fingerprint density at radius 2 is 1.85 bits per heavy atom. The summed E-state index contributed by atoms with van der Waals surface area (Å²) >= 11 is 7.47. The zero-order chi connectivity index (χ0) is 18.6. The topological polar surface area (TPSA) is 49.3 Å². The van der Waals surface area contributed by atoms with Crippen LogP contribution in [-0.2, 0) is 6.54 Å². The van der Waals surface area contributed by atoms with E-state index in [0.717, 1.165) is 35.9 Å². The second-order valence-electron chi connectivity index (χ2n) is 6.45. The van der Waals surface area contributed by atoms with Gasteiger partial charge in [-0.05, 0) is 12.1 Å². The van der Waals surface area contributed by atoms with Crippen LogP contribution in [-0.4, -0.2) is 51.9 Å². The van der Waals surface area contributed by atoms with Crippen LogP contribution in [0.1, 0.15) is 16.1 Å². The predicted octanol–water partition coefficient (Wildman–Crippen LogP) is 3.82. The number of benzene rings is 1. The molecule has 4 rings (SSSR count). The Morgan fingerprint density at radius 1 is 1.07 bits per heavy atom. The van der Waals surface area contributed by atoms with Gasteiger partial charge in [-0.15, -0.1) is 11.3 Å². The second-order valence-corrected chi connectivity index (χ2v) is 7.69. The smallest absolute Gasteiger partial charge is 0.255 e. The molecule has 1 amide bonds. The number of piperazine rings is 1. The Morgan fingerprint density at radius 3 is 2.56 bits per heavy atom. The van der Waals surface area contributed by atoms with Gasteiger partial charge >= 0.3 is 0 Å². The van der Waals surface area contributed by atoms with Crippen molar-refractivity contribution in [3.05, 3.63) is 70.5 Å². The minimum Gasteiger partial charge on any atom is -0.336 e. The first kappa shape index (κ1) is 18.1. The SMILES string of the molecule is O=C(c1ccc(Cl)nc1)N1CCN(Cc2csc(-c3ccccc3)n2)CC1. The number of aromatic nitrogens is 2. The number of carbonyl (C=O) groups is 1. The summed E-state index contributed by atoms with van der Waals surface area (Å²) in [5.74, 6) is 0.0128. The van der Waals surface area contributed by atoms with Gasteiger partial charge in [0.25, 0.3) is 5.91 Å². The number of pyridine rings is 1. The highest BCUT2D eigenvalue weighted by molar-refractivity contribution is 7.13. The molecule has 0 aliphatic carbocycles. The summed E-state index contributed by atoms with van der Waals surface area (Å²) in [4.78, 5) is 25.5. The van der Waals surface area contributed by atoms with Crippen LogP contribution >= 0.6 is 22.9 Å². The van der Waals surface area contributed by atoms with Crippen molar-refractivity contribution in [1.29, 1.82) is 0 Å². The van der Waals surface area contributed by atoms with E-state index in [2.05, 4.69) is 27.4 Å². The van der Waals surface area contributed by atoms with E-state index in [1.807, 2.05) is 23.1 Å². The first-order valence-electron chi connectivity index (χ1n) is 8.82. The Balaban J connectivity index is 1.33. The van der Waals surface area contributed by atoms with Gasteiger partial charge in [0.2, 0.25) is 0 Å². The van der Waals surface area contributed by atoms with Crippen molar-refractivity contribution < 1.29 is 4.79 Å². The highest BCUT2D eigenvalue weighted by Crippen LogP contribution is 2.24. The van der Waals surface area contributed by atoms with Crippen LogP contribution in [0.4, 0.5) is 0 Å². The number of hydrogen-bond acceptors (Lipinski definition) is 5. The van der Waals surface area contributed by atoms with Crippen molar-refractivity contribution in [2.24, 2.45) is 0 Å². The third kappa shape index (κ3) is 4.35. The molecule has 0 bridgehead atoms. The maximum Gasteiger partial charge on any atom is 0.255 e. The lowest BCUT2D eigenvalue weighted by atomic mass is 10.2. The molecule has 1 aromatic carbocycles. The van der Waals surface area contributed by atoms with Crippen molar-refractivity contribution in [2.75, 3.05) is 26.2 Å². The van der Waals surface area contributed by atoms with Crippen molar-refractivity contribution in [1.82, 2.24) is 19.8 Å². The van der Waals surface area contributed by atoms with Crippen LogP contribution in [0.2, 0.25) is 5.15 Å². The van der Waals surface area contributed by atoms with Crippen LogP contribution in [0.5, 0.6) is 0 Å². The largest absolute Gasteiger partial charge is 0.336 e. The number of carbonyl (C=O) groups excluding carboxylic acids is 1. The van der Waals surface area contributed by atoms with E-state index in [1.54, 1.807) is 23.5 Å². The number of halogens is 1. The lowest BCUT2D eigenvalue weighted by Crippen LogP contribution is -2.48. The molecule has 3 aromatic rings. The normalized spacial score (nSPS) is 15.1. The van der Waals surface area contributed by atoms with E-state index >= 15 is 0 Å². The molecule has 1 fully saturated rings. The number of hydrogen-bond donors (Lipinski definition) is 0. The van der Waals surface area contributed by atoms with E-state index in [1.165, 1.54) is 6.20 Å². The van der Waals surface area contributed by atoms with Gasteiger partial charge in [0.05, 0.1) is 11.3 Å². The molecule has 27 heavy (non-hydrogen) atoms. The van der Waals surface area contributed by atoms with E-state index in [4.69, 9.17) is 16.6 Å². The number of amides is 1. The van der Waals surface area contributed by atoms with Crippen LogP contribution in [0.3, 0.4) is 0 Å². The first-order valence-corrected chi connectivity index (χ1v) is 10.1. The molecule has 7 heteroatoms. The van der Waals surface area contributed by atoms with Crippen LogP contribution in [0.25, 0.3) is 10.6 Å². The average Bonchev–Trinajstić information content (AvgIpc) is 3.18. The minimum atomic E-state index is 0.0128. The maximum absolute atomic E-state index is 12.5. The van der Waals surface area contributed by atoms with Crippen LogP contribution in [0, 0.1) is 0 Å². The summed E-state index contributed by atoms with van der Waals surface area (Å²) in [7, 11) is 0. The molecule has 1 aliphatic rings. The fraction of sp³-hybridized carbons (Fsp3) is 0.250. The third-order valence-electron chi connectivity index (χ3n) is 4.59. The molecule has 0 N–H and O–H groups in total. The van der Waals surface area contributed by atoms with Gasteiger partial charge in [0.15, 0.2) is 0 Å². The summed E-state index contributed by atoms with van der Waals surface area (Å²) in [6.45, 7) is 3.90. The van der Waals surface area contributed by atoms with Gasteiger partial charge in [0, 0.05) is 49.9 Å². The second kappa shape index (κ2) is 8.17. The molecule has 1 aliphatic heterocycles. The highest BCUT2D eigenvalue weighted by Gasteiger charge is 2.23. The molecule has 5 nitrogen and oxygen atoms in total. The van der Waals surface area contributed by atoms with Gasteiger partial charge < -0.3 is 4.90 Å². The zero-order valence-electron chi connectivity index (χ0n) is 14.7. The molecular weight excluding hydrogens is 380 g/mol. The predicted molar refractivity (Wildman–Crippen MR) is 108 cm³/mol. The fourth-order valence-electron chi connectivity index (χ4n) is 3.12. The molecule has 3 heterocycles. The molecular formula is C20H19ClN4OS. The van der Waals surface area contributed by atoms with Gasteiger partial charge in [-0.1, -0.05) is 41.9 Å². The Kier molecular flexibility index (Phi) is 5.48. The summed E-state index contributed by atoms with van der Waals surface area (Å²) in [6.07, 6.45) is 1.54. The van der Waals surface area contributed by atoms with E-state index in [-0.39, 0.29) is 5.91 Å². The molecule has 138 valence electrons. The van der Waals surface area contributed by atoms with Gasteiger partial charge in [-0.2, -0.15) is 0 Å². The zero-order valence-corrected chi connectivity index (χ0v) is 16.3. The van der Waals surface area contributed by atoms with Crippen LogP contribution < -0.4 is 0 Å². The van der Waals surface area contributed by atoms with Crippen LogP contribution in [0.15, 0.2) is 54.0 Å². The lowest BCUT2D eigenvalue weighted by Gasteiger charge is -2.34. The van der Waals surface area contributed by atoms with Crippen molar-refractivity contribution in [2.45, 2.75) is 6.54 Å². The summed E-state index contributed by atoms with van der Waals surface area (Å²) in [5.41, 5.74) is 2.82. The Hall–Kier alpha value is -2.28. The number of thiazole rings is 1. The lowest BCUT2D eigenvalue weighted by molar-refractivity contribution is 0.0627. The van der Waals surface area contributed by atoms with E-state index < -0.39 is 0 Å². The molecule has 0 atom stereocenters. The van der Waals surface area contributed by atoms with Crippen molar-refractivity contribution >= 4 is 28.8 Å². The van der Waals surface area contributed by atoms with Gasteiger partial charge in [-0.25, -0.2) is 9.97 Å². The molecule has 0 spiro atoms. The fourth-order valence-corrected chi connectivity index (χ4v) is 4.04. The average molecular weight is 399 g/mol. The number of nitrogens with zero attached hydrogens (tertiary/aromatic N) is 4. The highest BCUT2D eigenvalue weighted by atomic mass is 35.5. The van der Waals surface area contributed by atoms with Gasteiger partial charge in [-0.3, -0.25) is 9.69 Å². The first-order chi connectivity index (χ1) is 13.2. The molecule has 0 unspecified atom stereocenters. The summed E-state index contributed by atoms with van der Waals surface area (Å²) in [6, 6.07) is 13.6. The monoisotopic (exact) mass is 398 g/mol. The van der Waals surface area contributed by atoms with Gasteiger partial charge in [0.1, 0.15) is 10.2 Å². The maximum atomic E-state index is 12.5. The molecule has 0 saturated carbocycles. The quantitative estimate of drug-likeness (QED) is 0.627. The van der Waals surface area contributed by atoms with Crippen molar-refractivity contribution in [3.63, 3.8) is 0 Å². The van der Waals surface area contributed by atoms with Crippen molar-refractivity contribution in [3.8, 4) is 10.6 Å². The molecule has 0 radical (unpaired) electrons. The molecule has 2 aromatic heterocycles. The Labute approximate surface area is 167 Å². The molecule has 1 saturated heterocycles. The summed E-state index contributed by atoms with van der Waals surface area (Å²) in [5, 5.41) is 3.57. The third-order valence-corrected chi connectivity index (χ3v) is 5.76. The minimum absolute atomic E-state index is 0.0128. The van der Waals surface area contributed by atoms with E-state index in [9.17, 15) is 4.79 Å². The standard InChI is InChI=1S/C20H19ClN4OS/c21-18-7-6-16(12-22-18)20(26)25-10-8-24(9-11-25)13-17-14-27-19(23-17)15-4-2-1-3-5-15/h1-7,12,14H,8-11,13H2. The number of rotatable bonds is 4.